The molecule has 11 rings (SSSR count). The number of thiophene rings is 3. The van der Waals surface area contributed by atoms with Crippen molar-refractivity contribution in [3.8, 4) is 11.1 Å². The molecule has 0 aliphatic heterocycles. The van der Waals surface area contributed by atoms with Gasteiger partial charge in [0.25, 0.3) is 0 Å². The molecule has 3 heterocycles. The van der Waals surface area contributed by atoms with Crippen LogP contribution in [-0.4, -0.2) is 0 Å². The zero-order valence-electron chi connectivity index (χ0n) is 31.2. The summed E-state index contributed by atoms with van der Waals surface area (Å²) in [5.74, 6) is 0. The Morgan fingerprint density at radius 1 is 0.474 bits per heavy atom. The minimum absolute atomic E-state index is 1.07. The van der Waals surface area contributed by atoms with E-state index in [1.54, 1.807) is 0 Å². The van der Waals surface area contributed by atoms with Crippen LogP contribution in [0.25, 0.3) is 88.0 Å². The maximum absolute atomic E-state index is 4.33. The number of hydrogen-bond acceptors (Lipinski definition) is 4. The second kappa shape index (κ2) is 13.7. The lowest BCUT2D eigenvalue weighted by Crippen LogP contribution is -2.15. The van der Waals surface area contributed by atoms with Crippen molar-refractivity contribution < 1.29 is 0 Å². The molecule has 0 radical (unpaired) electrons. The van der Waals surface area contributed by atoms with Crippen LogP contribution in [0.3, 0.4) is 0 Å². The number of anilines is 2. The fraction of sp³-hybridized carbons (Fsp3) is 0.0189. The molecule has 0 aliphatic rings. The summed E-state index contributed by atoms with van der Waals surface area (Å²) in [6.07, 6.45) is 6.48. The molecule has 1 nitrogen and oxygen atoms in total. The van der Waals surface area contributed by atoms with Crippen molar-refractivity contribution in [2.75, 3.05) is 4.90 Å². The van der Waals surface area contributed by atoms with Gasteiger partial charge in [0.1, 0.15) is 0 Å². The van der Waals surface area contributed by atoms with E-state index in [1.807, 2.05) is 40.1 Å². The van der Waals surface area contributed by atoms with Gasteiger partial charge in [-0.25, -0.2) is 0 Å². The molecule has 8 aromatic carbocycles. The molecule has 3 aromatic heterocycles. The number of nitrogens with zero attached hydrogens (tertiary/aromatic N) is 1. The third-order valence-electron chi connectivity index (χ3n) is 11.2. The highest BCUT2D eigenvalue weighted by molar-refractivity contribution is 7.28. The summed E-state index contributed by atoms with van der Waals surface area (Å²) < 4.78 is 7.94. The topological polar surface area (TPSA) is 3.24 Å². The Kier molecular flexibility index (Phi) is 8.18. The second-order valence-electron chi connectivity index (χ2n) is 14.5. The van der Waals surface area contributed by atoms with Gasteiger partial charge in [0.2, 0.25) is 0 Å². The van der Waals surface area contributed by atoms with Crippen LogP contribution in [0, 0.1) is 0 Å². The van der Waals surface area contributed by atoms with Gasteiger partial charge in [-0.1, -0.05) is 116 Å². The Hall–Kier alpha value is -6.30. The third kappa shape index (κ3) is 5.71. The molecule has 0 saturated carbocycles. The standard InChI is InChI=1S/C53H35NS3/c1-3-33(38-20-25-44-51(32-38)57-50-28-27-49-52(53(44)50)43-14-8-10-16-47(43)56-49)29-39(4-2)54(41-24-19-34-11-5-6-12-36(34)30-41)40-22-17-35(18-23-40)37-21-26-48-45(31-37)42-13-7-9-15-46(42)55-48/h3-32H,1H2,2H3/b33-29+,39-4+. The van der Waals surface area contributed by atoms with E-state index in [1.165, 1.54) is 82.4 Å². The molecule has 0 N–H and O–H groups in total. The molecule has 270 valence electrons. The molecule has 0 unspecified atom stereocenters. The van der Waals surface area contributed by atoms with E-state index in [0.29, 0.717) is 0 Å². The van der Waals surface area contributed by atoms with Crippen LogP contribution in [0.2, 0.25) is 0 Å². The number of benzene rings is 8. The van der Waals surface area contributed by atoms with Gasteiger partial charge in [-0.05, 0) is 113 Å². The number of fused-ring (bicyclic) bond motifs is 11. The van der Waals surface area contributed by atoms with E-state index in [2.05, 4.69) is 194 Å². The first kappa shape index (κ1) is 34.0. The number of rotatable bonds is 7. The molecule has 4 heteroatoms. The van der Waals surface area contributed by atoms with Crippen LogP contribution in [0.15, 0.2) is 194 Å². The average Bonchev–Trinajstić information content (AvgIpc) is 3.95. The van der Waals surface area contributed by atoms with E-state index in [-0.39, 0.29) is 0 Å². The van der Waals surface area contributed by atoms with Crippen molar-refractivity contribution in [1.82, 2.24) is 0 Å². The maximum Gasteiger partial charge on any atom is 0.0467 e. The smallest absolute Gasteiger partial charge is 0.0467 e. The van der Waals surface area contributed by atoms with E-state index < -0.39 is 0 Å². The molecule has 0 fully saturated rings. The Bertz CT molecular complexity index is 3440. The molecule has 0 saturated heterocycles. The van der Waals surface area contributed by atoms with Crippen LogP contribution in [-0.2, 0) is 0 Å². The molecular formula is C53H35NS3. The SMILES string of the molecule is C=C/C(=C\C(=C/C)N(c1ccc(-c2ccc3sc4ccccc4c3c2)cc1)c1ccc2ccccc2c1)c1ccc2c(c1)sc1ccc3sc4ccccc4c3c12. The van der Waals surface area contributed by atoms with E-state index in [0.717, 1.165) is 28.2 Å². The minimum atomic E-state index is 1.07. The summed E-state index contributed by atoms with van der Waals surface area (Å²) in [5, 5.41) is 10.5. The van der Waals surface area contributed by atoms with Crippen LogP contribution in [0.4, 0.5) is 11.4 Å². The van der Waals surface area contributed by atoms with Crippen molar-refractivity contribution in [1.29, 1.82) is 0 Å². The maximum atomic E-state index is 4.33. The quantitative estimate of drug-likeness (QED) is 0.146. The predicted molar refractivity (Wildman–Crippen MR) is 255 cm³/mol. The third-order valence-corrected chi connectivity index (χ3v) is 14.6. The summed E-state index contributed by atoms with van der Waals surface area (Å²) >= 11 is 5.62. The lowest BCUT2D eigenvalue weighted by Gasteiger charge is -2.27. The van der Waals surface area contributed by atoms with Crippen LogP contribution in [0.1, 0.15) is 12.5 Å². The van der Waals surface area contributed by atoms with Crippen molar-refractivity contribution in [2.45, 2.75) is 6.92 Å². The summed E-state index contributed by atoms with van der Waals surface area (Å²) in [7, 11) is 0. The van der Waals surface area contributed by atoms with Gasteiger partial charge in [-0.3, -0.25) is 0 Å². The fourth-order valence-electron chi connectivity index (χ4n) is 8.43. The lowest BCUT2D eigenvalue weighted by molar-refractivity contribution is 1.20. The highest BCUT2D eigenvalue weighted by Crippen LogP contribution is 2.45. The second-order valence-corrected chi connectivity index (χ2v) is 17.7. The molecule has 0 amide bonds. The predicted octanol–water partition coefficient (Wildman–Crippen LogP) is 16.9. The zero-order chi connectivity index (χ0) is 38.0. The highest BCUT2D eigenvalue weighted by atomic mass is 32.1. The van der Waals surface area contributed by atoms with Gasteiger partial charge >= 0.3 is 0 Å². The number of hydrogen-bond donors (Lipinski definition) is 0. The van der Waals surface area contributed by atoms with Gasteiger partial charge in [0.15, 0.2) is 0 Å². The summed E-state index contributed by atoms with van der Waals surface area (Å²) in [6.45, 7) is 6.46. The molecule has 0 atom stereocenters. The fourth-order valence-corrected chi connectivity index (χ4v) is 11.8. The lowest BCUT2D eigenvalue weighted by atomic mass is 10.00. The van der Waals surface area contributed by atoms with Gasteiger partial charge in [0.05, 0.1) is 0 Å². The Morgan fingerprint density at radius 3 is 1.84 bits per heavy atom. The molecular weight excluding hydrogens is 747 g/mol. The monoisotopic (exact) mass is 781 g/mol. The van der Waals surface area contributed by atoms with Crippen LogP contribution in [0.5, 0.6) is 0 Å². The van der Waals surface area contributed by atoms with Gasteiger partial charge in [-0.15, -0.1) is 34.0 Å². The van der Waals surface area contributed by atoms with Crippen molar-refractivity contribution in [3.63, 3.8) is 0 Å². The van der Waals surface area contributed by atoms with Crippen LogP contribution >= 0.6 is 34.0 Å². The minimum Gasteiger partial charge on any atom is -0.311 e. The van der Waals surface area contributed by atoms with E-state index in [9.17, 15) is 0 Å². The summed E-state index contributed by atoms with van der Waals surface area (Å²) in [6, 6.07) is 60.3. The van der Waals surface area contributed by atoms with Crippen LogP contribution < -0.4 is 4.90 Å². The van der Waals surface area contributed by atoms with E-state index >= 15 is 0 Å². The number of allylic oxidation sites excluding steroid dienone is 4. The summed E-state index contributed by atoms with van der Waals surface area (Å²) in [5.41, 5.74) is 7.92. The first-order valence-electron chi connectivity index (χ1n) is 19.2. The van der Waals surface area contributed by atoms with Gasteiger partial charge < -0.3 is 4.90 Å². The molecule has 11 aromatic rings. The molecule has 0 spiro atoms. The first-order chi connectivity index (χ1) is 28.1. The first-order valence-corrected chi connectivity index (χ1v) is 21.7. The highest BCUT2D eigenvalue weighted by Gasteiger charge is 2.18. The van der Waals surface area contributed by atoms with Crippen molar-refractivity contribution in [2.24, 2.45) is 0 Å². The Morgan fingerprint density at radius 2 is 1.07 bits per heavy atom. The van der Waals surface area contributed by atoms with Crippen molar-refractivity contribution >= 4 is 122 Å². The Labute approximate surface area is 343 Å². The summed E-state index contributed by atoms with van der Waals surface area (Å²) in [4.78, 5) is 2.37. The van der Waals surface area contributed by atoms with Gasteiger partial charge in [0, 0.05) is 77.6 Å². The molecule has 0 bridgehead atoms. The molecule has 0 aliphatic carbocycles. The largest absolute Gasteiger partial charge is 0.311 e. The Balaban J connectivity index is 1.01. The molecule has 57 heavy (non-hydrogen) atoms. The normalized spacial score (nSPS) is 12.6. The van der Waals surface area contributed by atoms with Crippen molar-refractivity contribution in [3.05, 3.63) is 200 Å². The van der Waals surface area contributed by atoms with Gasteiger partial charge in [-0.2, -0.15) is 0 Å². The zero-order valence-corrected chi connectivity index (χ0v) is 33.6. The van der Waals surface area contributed by atoms with E-state index in [4.69, 9.17) is 0 Å². The average molecular weight is 782 g/mol.